The monoisotopic (exact) mass is 1090 g/mol. The van der Waals surface area contributed by atoms with Crippen molar-refractivity contribution in [3.63, 3.8) is 0 Å². The minimum atomic E-state index is -0.570. The molecule has 74 heavy (non-hydrogen) atoms. The number of amides is 3. The average Bonchev–Trinajstić information content (AvgIpc) is 3.97. The van der Waals surface area contributed by atoms with Gasteiger partial charge in [0.05, 0.1) is 65.2 Å². The first-order chi connectivity index (χ1) is 35.6. The Balaban J connectivity index is 0.000000183. The summed E-state index contributed by atoms with van der Waals surface area (Å²) >= 11 is 25.4. The number of aliphatic hydroxyl groups is 2. The molecule has 0 spiro atoms. The maximum atomic E-state index is 13.6. The van der Waals surface area contributed by atoms with Crippen LogP contribution in [0.25, 0.3) is 34.7 Å². The second-order valence-electron chi connectivity index (χ2n) is 18.1. The van der Waals surface area contributed by atoms with Crippen molar-refractivity contribution in [1.29, 1.82) is 0 Å². The van der Waals surface area contributed by atoms with E-state index in [9.17, 15) is 33.4 Å². The van der Waals surface area contributed by atoms with E-state index >= 15 is 0 Å². The Morgan fingerprint density at radius 2 is 1.08 bits per heavy atom. The van der Waals surface area contributed by atoms with Crippen molar-refractivity contribution in [2.24, 2.45) is 0 Å². The van der Waals surface area contributed by atoms with Crippen LogP contribution in [0.1, 0.15) is 80.3 Å². The Hall–Kier alpha value is -6.19. The highest BCUT2D eigenvalue weighted by atomic mass is 35.5. The van der Waals surface area contributed by atoms with Crippen LogP contribution in [0.3, 0.4) is 0 Å². The molecule has 2 saturated heterocycles. The van der Waals surface area contributed by atoms with Crippen molar-refractivity contribution < 1.29 is 38.1 Å². The number of carbonyl (C=O) groups excluding carboxylic acids is 3. The van der Waals surface area contributed by atoms with Gasteiger partial charge in [0.1, 0.15) is 11.6 Å². The van der Waals surface area contributed by atoms with Gasteiger partial charge in [-0.2, -0.15) is 10.2 Å². The number of nitrogens with one attached hydrogen (secondary N) is 3. The number of benzene rings is 4. The van der Waals surface area contributed by atoms with Crippen molar-refractivity contribution in [3.05, 3.63) is 162 Å². The molecule has 0 radical (unpaired) electrons. The molecule has 16 nitrogen and oxygen atoms in total. The molecular weight excluding hydrogens is 1040 g/mol. The number of fused-ring (bicyclic) bond motifs is 2. The maximum absolute atomic E-state index is 13.6. The average molecular weight is 1090 g/mol. The fourth-order valence-electron chi connectivity index (χ4n) is 9.19. The van der Waals surface area contributed by atoms with E-state index in [1.54, 1.807) is 80.0 Å². The van der Waals surface area contributed by atoms with E-state index in [1.165, 1.54) is 36.3 Å². The lowest BCUT2D eigenvalue weighted by atomic mass is 9.97. The molecule has 3 amide bonds. The number of aliphatic hydroxyl groups excluding tert-OH is 2. The molecule has 4 aliphatic rings. The van der Waals surface area contributed by atoms with Gasteiger partial charge in [0.15, 0.2) is 11.4 Å². The smallest absolute Gasteiger partial charge is 0.410 e. The number of hydrogen-bond donors (Lipinski definition) is 5. The fourth-order valence-corrected chi connectivity index (χ4v) is 10.2. The number of halogens is 6. The zero-order chi connectivity index (χ0) is 52.2. The number of aromatic nitrogens is 4. The van der Waals surface area contributed by atoms with Gasteiger partial charge >= 0.3 is 6.09 Å². The van der Waals surface area contributed by atoms with Crippen LogP contribution < -0.4 is 16.2 Å². The van der Waals surface area contributed by atoms with Crippen molar-refractivity contribution in [2.45, 2.75) is 51.0 Å². The SMILES string of the molecule is COC(=O)N1C/C(=C\c2ccc(F)cc2)c2c(c(C(=O)NN3CCC(O)CC3)nn2-c2ccc(Cl)cc2Cl)C1.O=C(NN1CCC(O)CC1)c1nn(-c2ccc(Cl)cc2Cl)c2c1CNC/C2=C\c1ccc(F)cc1. The molecule has 2 aromatic heterocycles. The molecule has 4 aromatic carbocycles. The quantitative estimate of drug-likeness (QED) is 0.0985. The lowest BCUT2D eigenvalue weighted by molar-refractivity contribution is 0.0462. The van der Waals surface area contributed by atoms with Gasteiger partial charge < -0.3 is 20.3 Å². The predicted octanol–water partition coefficient (Wildman–Crippen LogP) is 8.61. The Morgan fingerprint density at radius 3 is 1.54 bits per heavy atom. The van der Waals surface area contributed by atoms with Crippen LogP contribution in [-0.4, -0.2) is 121 Å². The molecule has 0 saturated carbocycles. The second kappa shape index (κ2) is 23.1. The summed E-state index contributed by atoms with van der Waals surface area (Å²) in [5.74, 6) is -1.47. The number of hydrogen-bond acceptors (Lipinski definition) is 11. The number of carbonyl (C=O) groups is 3. The largest absolute Gasteiger partial charge is 0.453 e. The highest BCUT2D eigenvalue weighted by molar-refractivity contribution is 6.36. The molecule has 0 atom stereocenters. The third-order valence-electron chi connectivity index (χ3n) is 12.9. The predicted molar refractivity (Wildman–Crippen MR) is 279 cm³/mol. The van der Waals surface area contributed by atoms with Gasteiger partial charge in [0.2, 0.25) is 0 Å². The van der Waals surface area contributed by atoms with Gasteiger partial charge in [0, 0.05) is 60.4 Å². The van der Waals surface area contributed by atoms with Crippen LogP contribution >= 0.6 is 46.4 Å². The number of methoxy groups -OCH3 is 1. The zero-order valence-electron chi connectivity index (χ0n) is 39.8. The van der Waals surface area contributed by atoms with E-state index in [4.69, 9.17) is 56.2 Å². The Labute approximate surface area is 444 Å². The summed E-state index contributed by atoms with van der Waals surface area (Å²) in [7, 11) is 1.29. The summed E-state index contributed by atoms with van der Waals surface area (Å²) in [6, 6.07) is 22.2. The third-order valence-corrected chi connectivity index (χ3v) is 14.0. The fraction of sp³-hybridized carbons (Fsp3) is 0.288. The lowest BCUT2D eigenvalue weighted by Crippen LogP contribution is -2.48. The molecule has 0 unspecified atom stereocenters. The summed E-state index contributed by atoms with van der Waals surface area (Å²) in [4.78, 5) is 41.0. The first kappa shape index (κ1) is 52.7. The van der Waals surface area contributed by atoms with E-state index < -0.39 is 18.1 Å². The summed E-state index contributed by atoms with van der Waals surface area (Å²) in [5, 5.41) is 37.5. The van der Waals surface area contributed by atoms with Gasteiger partial charge in [0.25, 0.3) is 11.8 Å². The summed E-state index contributed by atoms with van der Waals surface area (Å²) in [6.07, 6.45) is 4.71. The van der Waals surface area contributed by atoms with Crippen molar-refractivity contribution in [1.82, 2.24) is 50.6 Å². The lowest BCUT2D eigenvalue weighted by Gasteiger charge is -2.30. The van der Waals surface area contributed by atoms with Gasteiger partial charge in [-0.15, -0.1) is 0 Å². The van der Waals surface area contributed by atoms with Crippen molar-refractivity contribution in [2.75, 3.05) is 46.4 Å². The number of piperidine rings is 2. The maximum Gasteiger partial charge on any atom is 0.410 e. The van der Waals surface area contributed by atoms with Crippen molar-refractivity contribution in [3.8, 4) is 11.4 Å². The Bertz CT molecular complexity index is 3130. The molecule has 22 heteroatoms. The molecule has 386 valence electrons. The van der Waals surface area contributed by atoms with Gasteiger partial charge in [-0.05, 0) is 121 Å². The first-order valence-corrected chi connectivity index (χ1v) is 25.2. The minimum absolute atomic E-state index is 0.0649. The molecule has 4 aliphatic heterocycles. The number of ether oxygens (including phenoxy) is 1. The molecular formula is C52H50Cl4F2N10O6. The van der Waals surface area contributed by atoms with Crippen LogP contribution in [0.4, 0.5) is 13.6 Å². The summed E-state index contributed by atoms with van der Waals surface area (Å²) < 4.78 is 35.3. The van der Waals surface area contributed by atoms with Gasteiger partial charge in [-0.1, -0.05) is 70.7 Å². The van der Waals surface area contributed by atoms with Crippen LogP contribution in [0.5, 0.6) is 0 Å². The molecule has 6 heterocycles. The number of hydrazine groups is 2. The standard InChI is InChI=1S/C27H26Cl2FN5O4.C25H24Cl2FN5O2/c1-39-27(38)33-14-17(12-16-2-5-19(30)6-3-16)25-21(15-33)24(26(37)32-34-10-8-20(36)9-11-34)31-35(25)23-7-4-18(28)13-22(23)29;26-17-3-6-22(21(27)12-17)33-24-16(11-15-1-4-18(28)5-2-15)13-29-14-20(24)23(30-33)25(35)31-32-9-7-19(34)8-10-32/h2-7,12-13,20,36H,8-11,14-15H2,1H3,(H,32,37);1-6,11-12,19,29,34H,7-10,13-14H2,(H,31,35)/b17-12+;16-11+. The van der Waals surface area contributed by atoms with Crippen LogP contribution in [0.15, 0.2) is 84.9 Å². The first-order valence-electron chi connectivity index (χ1n) is 23.7. The molecule has 10 rings (SSSR count). The topological polar surface area (TPSA) is 182 Å². The second-order valence-corrected chi connectivity index (χ2v) is 19.7. The Morgan fingerprint density at radius 1 is 0.635 bits per heavy atom. The molecule has 0 bridgehead atoms. The van der Waals surface area contributed by atoms with E-state index in [0.717, 1.165) is 22.4 Å². The normalized spacial score (nSPS) is 17.6. The molecule has 6 aromatic rings. The molecule has 2 fully saturated rings. The molecule has 0 aliphatic carbocycles. The van der Waals surface area contributed by atoms with Crippen LogP contribution in [-0.2, 0) is 17.8 Å². The Kier molecular flexibility index (Phi) is 16.5. The van der Waals surface area contributed by atoms with E-state index in [-0.39, 0.29) is 48.1 Å². The van der Waals surface area contributed by atoms with E-state index in [1.807, 2.05) is 12.2 Å². The van der Waals surface area contributed by atoms with Crippen LogP contribution in [0.2, 0.25) is 20.1 Å². The molecule has 5 N–H and O–H groups in total. The number of rotatable bonds is 8. The van der Waals surface area contributed by atoms with Gasteiger partial charge in [-0.25, -0.2) is 33.0 Å². The van der Waals surface area contributed by atoms with E-state index in [2.05, 4.69) is 21.3 Å². The minimum Gasteiger partial charge on any atom is -0.453 e. The van der Waals surface area contributed by atoms with Crippen LogP contribution in [0, 0.1) is 11.6 Å². The third kappa shape index (κ3) is 12.0. The number of nitrogens with zero attached hydrogens (tertiary/aromatic N) is 7. The van der Waals surface area contributed by atoms with E-state index in [0.29, 0.717) is 119 Å². The van der Waals surface area contributed by atoms with Crippen molar-refractivity contribution >= 4 is 87.6 Å². The summed E-state index contributed by atoms with van der Waals surface area (Å²) in [6.45, 7) is 3.30. The summed E-state index contributed by atoms with van der Waals surface area (Å²) in [5.41, 5.74) is 12.9. The zero-order valence-corrected chi connectivity index (χ0v) is 42.8. The highest BCUT2D eigenvalue weighted by Gasteiger charge is 2.36. The highest BCUT2D eigenvalue weighted by Crippen LogP contribution is 2.37. The van der Waals surface area contributed by atoms with Gasteiger partial charge in [-0.3, -0.25) is 25.3 Å².